The lowest BCUT2D eigenvalue weighted by atomic mass is 10.1. The van der Waals surface area contributed by atoms with E-state index in [0.29, 0.717) is 31.7 Å². The fourth-order valence-electron chi connectivity index (χ4n) is 3.39. The summed E-state index contributed by atoms with van der Waals surface area (Å²) in [6, 6.07) is 4.02. The molecule has 0 aromatic heterocycles. The predicted molar refractivity (Wildman–Crippen MR) is 122 cm³/mol. The Morgan fingerprint density at radius 2 is 1.86 bits per heavy atom. The molecule has 160 valence electrons. The highest BCUT2D eigenvalue weighted by molar-refractivity contribution is 14.0. The van der Waals surface area contributed by atoms with Crippen LogP contribution < -0.4 is 15.4 Å². The molecule has 0 spiro atoms. The first kappa shape index (κ1) is 24.9. The van der Waals surface area contributed by atoms with Crippen molar-refractivity contribution in [3.8, 4) is 5.75 Å². The van der Waals surface area contributed by atoms with Crippen LogP contribution in [0.4, 0.5) is 4.39 Å². The third-order valence-electron chi connectivity index (χ3n) is 4.65. The molecule has 0 saturated carbocycles. The van der Waals surface area contributed by atoms with Crippen molar-refractivity contribution in [3.63, 3.8) is 0 Å². The molecule has 0 aliphatic carbocycles. The van der Waals surface area contributed by atoms with Crippen molar-refractivity contribution in [2.24, 2.45) is 4.99 Å². The Labute approximate surface area is 185 Å². The Morgan fingerprint density at radius 1 is 1.18 bits per heavy atom. The SMILES string of the molecule is CN=C(NCCc1cc(F)cc2c1OCOC2)NCCN(C(C)C)C(C)C.I. The lowest BCUT2D eigenvalue weighted by Gasteiger charge is -2.30. The van der Waals surface area contributed by atoms with Crippen LogP contribution in [0.2, 0.25) is 0 Å². The second-order valence-corrected chi connectivity index (χ2v) is 7.26. The number of hydrogen-bond donors (Lipinski definition) is 2. The van der Waals surface area contributed by atoms with Crippen LogP contribution in [0.5, 0.6) is 5.75 Å². The number of benzene rings is 1. The Hall–Kier alpha value is -1.13. The Kier molecular flexibility index (Phi) is 11.1. The van der Waals surface area contributed by atoms with Crippen LogP contribution in [-0.2, 0) is 17.8 Å². The molecular weight excluding hydrogens is 474 g/mol. The van der Waals surface area contributed by atoms with Crippen molar-refractivity contribution in [1.29, 1.82) is 0 Å². The van der Waals surface area contributed by atoms with Gasteiger partial charge in [0.15, 0.2) is 12.8 Å². The highest BCUT2D eigenvalue weighted by Gasteiger charge is 2.17. The molecule has 1 aliphatic rings. The summed E-state index contributed by atoms with van der Waals surface area (Å²) >= 11 is 0. The van der Waals surface area contributed by atoms with Gasteiger partial charge in [0.25, 0.3) is 0 Å². The van der Waals surface area contributed by atoms with Gasteiger partial charge in [0.05, 0.1) is 6.61 Å². The van der Waals surface area contributed by atoms with Crippen LogP contribution in [0, 0.1) is 5.82 Å². The highest BCUT2D eigenvalue weighted by atomic mass is 127. The van der Waals surface area contributed by atoms with E-state index in [1.54, 1.807) is 7.05 Å². The van der Waals surface area contributed by atoms with Crippen LogP contribution in [0.1, 0.15) is 38.8 Å². The third-order valence-corrected chi connectivity index (χ3v) is 4.65. The van der Waals surface area contributed by atoms with Crippen LogP contribution in [0.3, 0.4) is 0 Å². The average molecular weight is 508 g/mol. The largest absolute Gasteiger partial charge is 0.467 e. The fourth-order valence-corrected chi connectivity index (χ4v) is 3.39. The molecule has 1 aliphatic heterocycles. The van der Waals surface area contributed by atoms with E-state index in [0.717, 1.165) is 35.9 Å². The van der Waals surface area contributed by atoms with Crippen LogP contribution in [0.15, 0.2) is 17.1 Å². The van der Waals surface area contributed by atoms with Crippen LogP contribution in [-0.4, -0.2) is 56.4 Å². The molecule has 0 bridgehead atoms. The highest BCUT2D eigenvalue weighted by Crippen LogP contribution is 2.29. The normalized spacial score (nSPS) is 14.0. The van der Waals surface area contributed by atoms with Crippen molar-refractivity contribution in [2.45, 2.75) is 52.8 Å². The minimum Gasteiger partial charge on any atom is -0.467 e. The Balaban J connectivity index is 0.00000392. The quantitative estimate of drug-likeness (QED) is 0.321. The molecule has 1 aromatic carbocycles. The molecule has 1 aromatic rings. The van der Waals surface area contributed by atoms with Gasteiger partial charge in [0.1, 0.15) is 11.6 Å². The van der Waals surface area contributed by atoms with Gasteiger partial charge in [-0.2, -0.15) is 0 Å². The molecule has 2 rings (SSSR count). The molecule has 2 N–H and O–H groups in total. The summed E-state index contributed by atoms with van der Waals surface area (Å²) in [6.07, 6.45) is 0.644. The van der Waals surface area contributed by atoms with Gasteiger partial charge in [0, 0.05) is 44.3 Å². The van der Waals surface area contributed by atoms with Gasteiger partial charge in [-0.15, -0.1) is 24.0 Å². The number of ether oxygens (including phenoxy) is 2. The molecule has 0 fully saturated rings. The summed E-state index contributed by atoms with van der Waals surface area (Å²) in [5.74, 6) is 1.23. The zero-order chi connectivity index (χ0) is 19.8. The van der Waals surface area contributed by atoms with Crippen LogP contribution in [0.25, 0.3) is 0 Å². The van der Waals surface area contributed by atoms with E-state index in [9.17, 15) is 4.39 Å². The monoisotopic (exact) mass is 508 g/mol. The van der Waals surface area contributed by atoms with E-state index in [4.69, 9.17) is 9.47 Å². The maximum Gasteiger partial charge on any atom is 0.191 e. The molecular formula is C20H34FIN4O2. The first-order chi connectivity index (χ1) is 12.9. The molecule has 0 saturated heterocycles. The number of aliphatic imine (C=N–C) groups is 1. The van der Waals surface area contributed by atoms with E-state index in [1.807, 2.05) is 0 Å². The minimum atomic E-state index is -0.261. The number of hydrogen-bond acceptors (Lipinski definition) is 4. The number of nitrogens with one attached hydrogen (secondary N) is 2. The zero-order valence-electron chi connectivity index (χ0n) is 17.5. The first-order valence-corrected chi connectivity index (χ1v) is 9.64. The van der Waals surface area contributed by atoms with Crippen molar-refractivity contribution >= 4 is 29.9 Å². The van der Waals surface area contributed by atoms with Gasteiger partial charge >= 0.3 is 0 Å². The van der Waals surface area contributed by atoms with Gasteiger partial charge in [0.2, 0.25) is 0 Å². The molecule has 0 atom stereocenters. The predicted octanol–water partition coefficient (Wildman–Crippen LogP) is 3.14. The summed E-state index contributed by atoms with van der Waals surface area (Å²) in [7, 11) is 1.75. The second kappa shape index (κ2) is 12.4. The molecule has 8 heteroatoms. The number of rotatable bonds is 8. The second-order valence-electron chi connectivity index (χ2n) is 7.26. The molecule has 0 unspecified atom stereocenters. The van der Waals surface area contributed by atoms with Gasteiger partial charge in [-0.1, -0.05) is 0 Å². The molecule has 28 heavy (non-hydrogen) atoms. The van der Waals surface area contributed by atoms with E-state index in [1.165, 1.54) is 12.1 Å². The minimum absolute atomic E-state index is 0. The molecule has 1 heterocycles. The van der Waals surface area contributed by atoms with Gasteiger partial charge in [-0.3, -0.25) is 9.89 Å². The molecule has 0 amide bonds. The number of fused-ring (bicyclic) bond motifs is 1. The topological polar surface area (TPSA) is 58.1 Å². The molecule has 0 radical (unpaired) electrons. The number of guanidine groups is 1. The zero-order valence-corrected chi connectivity index (χ0v) is 19.9. The smallest absolute Gasteiger partial charge is 0.191 e. The van der Waals surface area contributed by atoms with Crippen LogP contribution >= 0.6 is 24.0 Å². The summed E-state index contributed by atoms with van der Waals surface area (Å²) in [5.41, 5.74) is 1.61. The van der Waals surface area contributed by atoms with Gasteiger partial charge < -0.3 is 20.1 Å². The number of nitrogens with zero attached hydrogens (tertiary/aromatic N) is 2. The summed E-state index contributed by atoms with van der Waals surface area (Å²) in [4.78, 5) is 6.69. The van der Waals surface area contributed by atoms with E-state index < -0.39 is 0 Å². The van der Waals surface area contributed by atoms with E-state index in [-0.39, 0.29) is 36.6 Å². The summed E-state index contributed by atoms with van der Waals surface area (Å²) < 4.78 is 24.6. The number of halogens is 2. The lowest BCUT2D eigenvalue weighted by molar-refractivity contribution is -0.0172. The van der Waals surface area contributed by atoms with Crippen molar-refractivity contribution in [1.82, 2.24) is 15.5 Å². The van der Waals surface area contributed by atoms with Crippen molar-refractivity contribution in [2.75, 3.05) is 33.5 Å². The van der Waals surface area contributed by atoms with Gasteiger partial charge in [-0.25, -0.2) is 4.39 Å². The van der Waals surface area contributed by atoms with Crippen molar-refractivity contribution < 1.29 is 13.9 Å². The Bertz CT molecular complexity index is 633. The summed E-state index contributed by atoms with van der Waals surface area (Å²) in [6.45, 7) is 11.8. The summed E-state index contributed by atoms with van der Waals surface area (Å²) in [5, 5.41) is 6.63. The maximum absolute atomic E-state index is 13.8. The third kappa shape index (κ3) is 7.36. The van der Waals surface area contributed by atoms with Crippen molar-refractivity contribution in [3.05, 3.63) is 29.1 Å². The van der Waals surface area contributed by atoms with Gasteiger partial charge in [-0.05, 0) is 51.8 Å². The standard InChI is InChI=1S/C20H33FN4O2.HI/c1-14(2)25(15(3)4)9-8-24-20(22-5)23-7-6-16-10-18(21)11-17-12-26-13-27-19(16)17;/h10-11,14-15H,6-9,12-13H2,1-5H3,(H2,22,23,24);1H. The van der Waals surface area contributed by atoms with E-state index >= 15 is 0 Å². The molecule has 6 nitrogen and oxygen atoms in total. The first-order valence-electron chi connectivity index (χ1n) is 9.64. The Morgan fingerprint density at radius 3 is 2.50 bits per heavy atom. The fraction of sp³-hybridized carbons (Fsp3) is 0.650. The average Bonchev–Trinajstić information content (AvgIpc) is 2.62. The maximum atomic E-state index is 13.8. The lowest BCUT2D eigenvalue weighted by Crippen LogP contribution is -2.45. The van der Waals surface area contributed by atoms with E-state index in [2.05, 4.69) is 48.2 Å².